The van der Waals surface area contributed by atoms with Crippen molar-refractivity contribution in [2.75, 3.05) is 0 Å². The SMILES string of the molecule is CC(C)N1Cc2cccc3cc(-c4cccs4)cc(c23)C1.CC(C)NS(=O)(=O)C1CC1. The van der Waals surface area contributed by atoms with Gasteiger partial charge in [-0.15, -0.1) is 11.3 Å². The Morgan fingerprint density at radius 1 is 1.00 bits per heavy atom. The van der Waals surface area contributed by atoms with Crippen molar-refractivity contribution >= 4 is 32.1 Å². The minimum atomic E-state index is -2.94. The van der Waals surface area contributed by atoms with Gasteiger partial charge in [-0.1, -0.05) is 24.3 Å². The van der Waals surface area contributed by atoms with Gasteiger partial charge in [0.15, 0.2) is 0 Å². The summed E-state index contributed by atoms with van der Waals surface area (Å²) in [6, 6.07) is 16.4. The van der Waals surface area contributed by atoms with Gasteiger partial charge in [-0.25, -0.2) is 13.1 Å². The minimum absolute atomic E-state index is 0.0330. The molecule has 1 aromatic heterocycles. The van der Waals surface area contributed by atoms with Crippen LogP contribution in [0.15, 0.2) is 47.8 Å². The third-order valence-corrected chi connectivity index (χ3v) is 8.86. The van der Waals surface area contributed by atoms with Crippen LogP contribution in [0.2, 0.25) is 0 Å². The maximum absolute atomic E-state index is 11.1. The molecule has 0 radical (unpaired) electrons. The summed E-state index contributed by atoms with van der Waals surface area (Å²) in [4.78, 5) is 3.91. The molecule has 1 N–H and O–H groups in total. The highest BCUT2D eigenvalue weighted by molar-refractivity contribution is 7.90. The van der Waals surface area contributed by atoms with Gasteiger partial charge in [0.25, 0.3) is 0 Å². The van der Waals surface area contributed by atoms with E-state index in [1.54, 1.807) is 0 Å². The molecule has 2 aliphatic rings. The zero-order valence-electron chi connectivity index (χ0n) is 18.8. The second-order valence-electron chi connectivity index (χ2n) is 9.14. The van der Waals surface area contributed by atoms with Crippen LogP contribution >= 0.6 is 11.3 Å². The topological polar surface area (TPSA) is 49.4 Å². The van der Waals surface area contributed by atoms with Gasteiger partial charge in [0.05, 0.1) is 5.25 Å². The molecule has 4 nitrogen and oxygen atoms in total. The third kappa shape index (κ3) is 5.20. The maximum atomic E-state index is 11.1. The van der Waals surface area contributed by atoms with Crippen molar-refractivity contribution in [3.05, 3.63) is 59.0 Å². The molecule has 2 aromatic carbocycles. The Labute approximate surface area is 190 Å². The summed E-state index contributed by atoms with van der Waals surface area (Å²) < 4.78 is 24.7. The van der Waals surface area contributed by atoms with E-state index in [1.807, 2.05) is 25.2 Å². The molecular formula is C25H32N2O2S2. The van der Waals surface area contributed by atoms with Crippen LogP contribution in [0.3, 0.4) is 0 Å². The average Bonchev–Trinajstić information content (AvgIpc) is 3.44. The first-order chi connectivity index (χ1) is 14.7. The van der Waals surface area contributed by atoms with E-state index in [0.29, 0.717) is 6.04 Å². The van der Waals surface area contributed by atoms with E-state index in [1.165, 1.54) is 32.3 Å². The lowest BCUT2D eigenvalue weighted by Gasteiger charge is -2.32. The van der Waals surface area contributed by atoms with Gasteiger partial charge in [0, 0.05) is 30.1 Å². The lowest BCUT2D eigenvalue weighted by Crippen LogP contribution is -2.32. The maximum Gasteiger partial charge on any atom is 0.214 e. The second kappa shape index (κ2) is 9.02. The molecule has 1 fully saturated rings. The standard InChI is InChI=1S/C19H19NS.C6H13NO2S/c1-13(2)20-11-15-6-3-5-14-9-16(18-7-4-8-21-18)10-17(12-20)19(14)15;1-5(2)7-10(8,9)6-3-4-6/h3-10,13H,11-12H2,1-2H3;5-7H,3-4H2,1-2H3. The number of hydrogen-bond donors (Lipinski definition) is 1. The number of thiophene rings is 1. The summed E-state index contributed by atoms with van der Waals surface area (Å²) in [7, 11) is -2.94. The highest BCUT2D eigenvalue weighted by Crippen LogP contribution is 2.36. The van der Waals surface area contributed by atoms with Crippen LogP contribution in [0.1, 0.15) is 51.7 Å². The van der Waals surface area contributed by atoms with E-state index in [0.717, 1.165) is 25.9 Å². The molecule has 0 saturated heterocycles. The summed E-state index contributed by atoms with van der Waals surface area (Å²) in [6.07, 6.45) is 1.67. The van der Waals surface area contributed by atoms with Crippen molar-refractivity contribution in [3.8, 4) is 10.4 Å². The Balaban J connectivity index is 0.000000196. The Morgan fingerprint density at radius 2 is 1.74 bits per heavy atom. The molecular weight excluding hydrogens is 424 g/mol. The molecule has 2 heterocycles. The first kappa shape index (κ1) is 22.5. The van der Waals surface area contributed by atoms with Gasteiger partial charge in [-0.2, -0.15) is 0 Å². The number of sulfonamides is 1. The van der Waals surface area contributed by atoms with Gasteiger partial charge >= 0.3 is 0 Å². The van der Waals surface area contributed by atoms with Crippen LogP contribution in [-0.2, 0) is 23.1 Å². The summed E-state index contributed by atoms with van der Waals surface area (Å²) in [6.45, 7) is 10.4. The molecule has 6 heteroatoms. The Hall–Kier alpha value is -1.73. The predicted molar refractivity (Wildman–Crippen MR) is 132 cm³/mol. The number of nitrogens with one attached hydrogen (secondary N) is 1. The molecule has 0 bridgehead atoms. The Bertz CT molecular complexity index is 1150. The van der Waals surface area contributed by atoms with Gasteiger partial charge in [0.2, 0.25) is 10.0 Å². The van der Waals surface area contributed by atoms with Crippen LogP contribution in [0.25, 0.3) is 21.2 Å². The molecule has 0 unspecified atom stereocenters. The highest BCUT2D eigenvalue weighted by Gasteiger charge is 2.35. The van der Waals surface area contributed by atoms with Crippen molar-refractivity contribution in [3.63, 3.8) is 0 Å². The zero-order chi connectivity index (χ0) is 22.2. The van der Waals surface area contributed by atoms with Crippen molar-refractivity contribution in [1.29, 1.82) is 0 Å². The predicted octanol–water partition coefficient (Wildman–Crippen LogP) is 5.77. The van der Waals surface area contributed by atoms with E-state index in [2.05, 4.69) is 71.3 Å². The Morgan fingerprint density at radius 3 is 2.35 bits per heavy atom. The molecule has 166 valence electrons. The van der Waals surface area contributed by atoms with Gasteiger partial charge in [-0.3, -0.25) is 4.90 Å². The van der Waals surface area contributed by atoms with Crippen LogP contribution in [0, 0.1) is 0 Å². The third-order valence-electron chi connectivity index (χ3n) is 5.79. The number of hydrogen-bond acceptors (Lipinski definition) is 4. The normalized spacial score (nSPS) is 16.6. The molecule has 1 aliphatic carbocycles. The van der Waals surface area contributed by atoms with E-state index >= 15 is 0 Å². The fourth-order valence-corrected chi connectivity index (χ4v) is 6.43. The van der Waals surface area contributed by atoms with E-state index in [9.17, 15) is 8.42 Å². The van der Waals surface area contributed by atoms with E-state index in [-0.39, 0.29) is 11.3 Å². The second-order valence-corrected chi connectivity index (χ2v) is 12.1. The quantitative estimate of drug-likeness (QED) is 0.530. The molecule has 0 spiro atoms. The average molecular weight is 457 g/mol. The molecule has 1 aliphatic heterocycles. The van der Waals surface area contributed by atoms with Gasteiger partial charge in [0.1, 0.15) is 0 Å². The van der Waals surface area contributed by atoms with Gasteiger partial charge in [-0.05, 0) is 91.6 Å². The highest BCUT2D eigenvalue weighted by atomic mass is 32.2. The zero-order valence-corrected chi connectivity index (χ0v) is 20.4. The summed E-state index contributed by atoms with van der Waals surface area (Å²) in [5.41, 5.74) is 4.31. The lowest BCUT2D eigenvalue weighted by atomic mass is 9.92. The van der Waals surface area contributed by atoms with Crippen molar-refractivity contribution < 1.29 is 8.42 Å². The molecule has 0 atom stereocenters. The first-order valence-corrected chi connectivity index (χ1v) is 13.5. The molecule has 1 saturated carbocycles. The van der Waals surface area contributed by atoms with E-state index in [4.69, 9.17) is 0 Å². The van der Waals surface area contributed by atoms with Crippen LogP contribution in [0.4, 0.5) is 0 Å². The molecule has 3 aromatic rings. The smallest absolute Gasteiger partial charge is 0.214 e. The largest absolute Gasteiger partial charge is 0.292 e. The van der Waals surface area contributed by atoms with Gasteiger partial charge < -0.3 is 0 Å². The van der Waals surface area contributed by atoms with Crippen molar-refractivity contribution in [2.24, 2.45) is 0 Å². The fraction of sp³-hybridized carbons (Fsp3) is 0.440. The van der Waals surface area contributed by atoms with Crippen LogP contribution in [0.5, 0.6) is 0 Å². The summed E-state index contributed by atoms with van der Waals surface area (Å²) in [5.74, 6) is 0. The number of nitrogens with zero attached hydrogens (tertiary/aromatic N) is 1. The number of rotatable bonds is 5. The molecule has 5 rings (SSSR count). The Kier molecular flexibility index (Phi) is 6.54. The monoisotopic (exact) mass is 456 g/mol. The summed E-state index contributed by atoms with van der Waals surface area (Å²) >= 11 is 1.82. The molecule has 31 heavy (non-hydrogen) atoms. The van der Waals surface area contributed by atoms with E-state index < -0.39 is 10.0 Å². The van der Waals surface area contributed by atoms with Crippen LogP contribution < -0.4 is 4.72 Å². The molecule has 0 amide bonds. The number of benzene rings is 2. The minimum Gasteiger partial charge on any atom is -0.292 e. The lowest BCUT2D eigenvalue weighted by molar-refractivity contribution is 0.200. The fourth-order valence-electron chi connectivity index (χ4n) is 4.10. The first-order valence-electron chi connectivity index (χ1n) is 11.1. The van der Waals surface area contributed by atoms with Crippen LogP contribution in [-0.4, -0.2) is 30.7 Å². The van der Waals surface area contributed by atoms with Crippen molar-refractivity contribution in [2.45, 2.75) is 71.0 Å². The summed E-state index contributed by atoms with van der Waals surface area (Å²) in [5, 5.41) is 4.93. The van der Waals surface area contributed by atoms with Crippen molar-refractivity contribution in [1.82, 2.24) is 9.62 Å².